The smallest absolute Gasteiger partial charge is 0.306 e. The van der Waals surface area contributed by atoms with Gasteiger partial charge in [0.2, 0.25) is 0 Å². The molecule has 0 saturated heterocycles. The Kier molecular flexibility index (Phi) is 2.97. The van der Waals surface area contributed by atoms with E-state index in [9.17, 15) is 9.90 Å². The highest BCUT2D eigenvalue weighted by Crippen LogP contribution is 2.60. The maximum Gasteiger partial charge on any atom is 0.306 e. The fourth-order valence-corrected chi connectivity index (χ4v) is 4.94. The number of hydrogen-bond acceptors (Lipinski definition) is 2. The third kappa shape index (κ3) is 2.33. The summed E-state index contributed by atoms with van der Waals surface area (Å²) in [7, 11) is 0. The van der Waals surface area contributed by atoms with Gasteiger partial charge in [-0.15, -0.1) is 0 Å². The van der Waals surface area contributed by atoms with Gasteiger partial charge >= 0.3 is 5.97 Å². The summed E-state index contributed by atoms with van der Waals surface area (Å²) in [5.74, 6) is 1.73. The molecule has 18 heavy (non-hydrogen) atoms. The molecule has 0 aromatic heterocycles. The molecule has 3 nitrogen and oxygen atoms in total. The van der Waals surface area contributed by atoms with E-state index in [1.165, 1.54) is 38.5 Å². The first-order chi connectivity index (χ1) is 8.55. The van der Waals surface area contributed by atoms with Crippen LogP contribution in [-0.4, -0.2) is 22.3 Å². The summed E-state index contributed by atoms with van der Waals surface area (Å²) in [6.45, 7) is 0. The van der Waals surface area contributed by atoms with Gasteiger partial charge in [0.15, 0.2) is 0 Å². The van der Waals surface area contributed by atoms with Crippen LogP contribution >= 0.6 is 0 Å². The first kappa shape index (κ1) is 12.2. The summed E-state index contributed by atoms with van der Waals surface area (Å²) in [5.41, 5.74) is 0.286. The Balaban J connectivity index is 1.68. The first-order valence-corrected chi connectivity index (χ1v) is 7.14. The van der Waals surface area contributed by atoms with E-state index in [1.807, 2.05) is 0 Å². The Morgan fingerprint density at radius 1 is 1.17 bits per heavy atom. The Bertz CT molecular complexity index is 337. The number of carboxylic acid groups (broad SMARTS) is 1. The predicted molar refractivity (Wildman–Crippen MR) is 68.0 cm³/mol. The van der Waals surface area contributed by atoms with Gasteiger partial charge in [-0.05, 0) is 61.7 Å². The van der Waals surface area contributed by atoms with Crippen molar-refractivity contribution >= 4 is 5.97 Å². The molecule has 100 valence electrons. The summed E-state index contributed by atoms with van der Waals surface area (Å²) in [6.07, 6.45) is 10.9. The summed E-state index contributed by atoms with van der Waals surface area (Å²) < 4.78 is 0. The predicted octanol–water partition coefficient (Wildman–Crippen LogP) is 2.59. The lowest BCUT2D eigenvalue weighted by atomic mass is 9.49. The quantitative estimate of drug-likeness (QED) is 0.754. The van der Waals surface area contributed by atoms with Crippen LogP contribution in [0, 0.1) is 23.2 Å². The molecule has 0 radical (unpaired) electrons. The fraction of sp³-hybridized carbons (Fsp3) is 0.800. The SMILES string of the molecule is O=C(O)CC(O)/C=C/C12CC3CC(CC(C3)C1)C2. The second-order valence-electron chi connectivity index (χ2n) is 6.80. The van der Waals surface area contributed by atoms with Gasteiger partial charge in [0, 0.05) is 0 Å². The summed E-state index contributed by atoms with van der Waals surface area (Å²) in [4.78, 5) is 10.5. The lowest BCUT2D eigenvalue weighted by Crippen LogP contribution is -2.45. The zero-order valence-electron chi connectivity index (χ0n) is 10.7. The van der Waals surface area contributed by atoms with Crippen LogP contribution < -0.4 is 0 Å². The average molecular weight is 250 g/mol. The molecule has 0 aromatic carbocycles. The summed E-state index contributed by atoms with van der Waals surface area (Å²) in [6, 6.07) is 0. The topological polar surface area (TPSA) is 57.5 Å². The number of hydrogen-bond donors (Lipinski definition) is 2. The van der Waals surface area contributed by atoms with Crippen molar-refractivity contribution in [3.8, 4) is 0 Å². The van der Waals surface area contributed by atoms with E-state index in [2.05, 4.69) is 6.08 Å². The molecule has 2 N–H and O–H groups in total. The van der Waals surface area contributed by atoms with E-state index in [-0.39, 0.29) is 11.8 Å². The number of carbonyl (C=O) groups is 1. The molecule has 4 aliphatic carbocycles. The number of allylic oxidation sites excluding steroid dienone is 1. The number of aliphatic hydroxyl groups excluding tert-OH is 1. The third-order valence-corrected chi connectivity index (χ3v) is 5.14. The second kappa shape index (κ2) is 4.37. The van der Waals surface area contributed by atoms with Crippen LogP contribution in [0.25, 0.3) is 0 Å². The van der Waals surface area contributed by atoms with Gasteiger partial charge in [0.1, 0.15) is 0 Å². The van der Waals surface area contributed by atoms with Crippen molar-refractivity contribution in [2.75, 3.05) is 0 Å². The van der Waals surface area contributed by atoms with E-state index in [1.54, 1.807) is 6.08 Å². The van der Waals surface area contributed by atoms with E-state index in [4.69, 9.17) is 5.11 Å². The second-order valence-corrected chi connectivity index (χ2v) is 6.80. The van der Waals surface area contributed by atoms with Gasteiger partial charge in [-0.25, -0.2) is 0 Å². The standard InChI is InChI=1S/C15H22O3/c16-13(6-14(17)18)1-2-15-7-10-3-11(8-15)5-12(4-10)9-15/h1-2,10-13,16H,3-9H2,(H,17,18)/b2-1+. The average Bonchev–Trinajstić information content (AvgIpc) is 2.23. The van der Waals surface area contributed by atoms with Crippen LogP contribution in [0.1, 0.15) is 44.9 Å². The van der Waals surface area contributed by atoms with Gasteiger partial charge in [0.25, 0.3) is 0 Å². The maximum absolute atomic E-state index is 10.5. The van der Waals surface area contributed by atoms with Gasteiger partial charge in [-0.3, -0.25) is 4.79 Å². The van der Waals surface area contributed by atoms with Crippen LogP contribution in [0.15, 0.2) is 12.2 Å². The van der Waals surface area contributed by atoms with Gasteiger partial charge in [-0.1, -0.05) is 12.2 Å². The van der Waals surface area contributed by atoms with Crippen molar-refractivity contribution in [2.24, 2.45) is 23.2 Å². The molecule has 4 aliphatic rings. The number of rotatable bonds is 4. The Labute approximate surface area is 108 Å². The molecule has 0 aromatic rings. The molecule has 1 unspecified atom stereocenters. The third-order valence-electron chi connectivity index (χ3n) is 5.14. The van der Waals surface area contributed by atoms with Crippen molar-refractivity contribution in [1.29, 1.82) is 0 Å². The minimum atomic E-state index is -0.933. The first-order valence-electron chi connectivity index (χ1n) is 7.14. The van der Waals surface area contributed by atoms with Crippen LogP contribution in [0.4, 0.5) is 0 Å². The Hall–Kier alpha value is -0.830. The highest BCUT2D eigenvalue weighted by atomic mass is 16.4. The van der Waals surface area contributed by atoms with Crippen LogP contribution in [0.5, 0.6) is 0 Å². The number of carboxylic acids is 1. The molecule has 0 aliphatic heterocycles. The van der Waals surface area contributed by atoms with Crippen molar-refractivity contribution in [3.63, 3.8) is 0 Å². The highest BCUT2D eigenvalue weighted by molar-refractivity contribution is 5.67. The molecule has 3 heteroatoms. The summed E-state index contributed by atoms with van der Waals surface area (Å²) in [5, 5.41) is 18.3. The monoisotopic (exact) mass is 250 g/mol. The van der Waals surface area contributed by atoms with E-state index in [0.29, 0.717) is 0 Å². The van der Waals surface area contributed by atoms with Crippen molar-refractivity contribution in [3.05, 3.63) is 12.2 Å². The van der Waals surface area contributed by atoms with Crippen molar-refractivity contribution in [2.45, 2.75) is 51.0 Å². The van der Waals surface area contributed by atoms with Gasteiger partial charge in [-0.2, -0.15) is 0 Å². The van der Waals surface area contributed by atoms with Crippen LogP contribution in [-0.2, 0) is 4.79 Å². The minimum absolute atomic E-state index is 0.178. The van der Waals surface area contributed by atoms with Crippen LogP contribution in [0.2, 0.25) is 0 Å². The lowest BCUT2D eigenvalue weighted by molar-refractivity contribution is -0.138. The lowest BCUT2D eigenvalue weighted by Gasteiger charge is -2.56. The van der Waals surface area contributed by atoms with Crippen molar-refractivity contribution in [1.82, 2.24) is 0 Å². The molecule has 0 spiro atoms. The zero-order chi connectivity index (χ0) is 12.8. The molecule has 4 saturated carbocycles. The normalized spacial score (nSPS) is 43.5. The highest BCUT2D eigenvalue weighted by Gasteiger charge is 2.49. The van der Waals surface area contributed by atoms with Gasteiger partial charge in [0.05, 0.1) is 12.5 Å². The van der Waals surface area contributed by atoms with Crippen LogP contribution in [0.3, 0.4) is 0 Å². The molecule has 1 atom stereocenters. The molecule has 4 bridgehead atoms. The minimum Gasteiger partial charge on any atom is -0.481 e. The van der Waals surface area contributed by atoms with E-state index < -0.39 is 12.1 Å². The zero-order valence-corrected chi connectivity index (χ0v) is 10.7. The fourth-order valence-electron chi connectivity index (χ4n) is 4.94. The van der Waals surface area contributed by atoms with E-state index in [0.717, 1.165) is 17.8 Å². The molecule has 0 amide bonds. The molecular formula is C15H22O3. The molecule has 4 fully saturated rings. The molecule has 4 rings (SSSR count). The number of aliphatic hydroxyl groups is 1. The Morgan fingerprint density at radius 3 is 2.11 bits per heavy atom. The molecular weight excluding hydrogens is 228 g/mol. The summed E-state index contributed by atoms with van der Waals surface area (Å²) >= 11 is 0. The van der Waals surface area contributed by atoms with Gasteiger partial charge < -0.3 is 10.2 Å². The maximum atomic E-state index is 10.5. The van der Waals surface area contributed by atoms with E-state index >= 15 is 0 Å². The largest absolute Gasteiger partial charge is 0.481 e. The Morgan fingerprint density at radius 2 is 1.67 bits per heavy atom. The van der Waals surface area contributed by atoms with Crippen molar-refractivity contribution < 1.29 is 15.0 Å². The number of aliphatic carboxylic acids is 1. The molecule has 0 heterocycles.